The van der Waals surface area contributed by atoms with Gasteiger partial charge in [-0.05, 0) is 43.9 Å². The number of pyridine rings is 1. The molecule has 3 N–H and O–H groups in total. The number of aryl methyl sites for hydroxylation is 2. The third kappa shape index (κ3) is 3.20. The topological polar surface area (TPSA) is 102 Å². The van der Waals surface area contributed by atoms with Gasteiger partial charge in [-0.2, -0.15) is 0 Å². The van der Waals surface area contributed by atoms with Crippen LogP contribution < -0.4 is 10.7 Å². The van der Waals surface area contributed by atoms with Crippen LogP contribution in [0, 0.1) is 19.8 Å². The number of carbonyl (C=O) groups is 2. The molecule has 2 aromatic rings. The van der Waals surface area contributed by atoms with Crippen LogP contribution in [0.3, 0.4) is 0 Å². The predicted octanol–water partition coefficient (Wildman–Crippen LogP) is 1.70. The molecule has 1 aromatic heterocycles. The lowest BCUT2D eigenvalue weighted by Gasteiger charge is -2.41. The molecule has 7 heteroatoms. The number of amides is 1. The first kappa shape index (κ1) is 18.7. The third-order valence-corrected chi connectivity index (χ3v) is 6.22. The number of aromatic amines is 1. The number of benzene rings is 1. The zero-order valence-electron chi connectivity index (χ0n) is 16.2. The van der Waals surface area contributed by atoms with Crippen molar-refractivity contribution in [1.29, 1.82) is 0 Å². The molecule has 4 rings (SSSR count). The largest absolute Gasteiger partial charge is 0.481 e. The molecule has 1 spiro atoms. The first-order valence-electron chi connectivity index (χ1n) is 9.67. The fourth-order valence-electron chi connectivity index (χ4n) is 4.79. The van der Waals surface area contributed by atoms with E-state index in [-0.39, 0.29) is 17.8 Å². The molecule has 1 amide bonds. The molecular formula is C21H25N3O4. The average Bonchev–Trinajstić information content (AvgIpc) is 2.95. The van der Waals surface area contributed by atoms with Crippen LogP contribution in [0.1, 0.15) is 36.1 Å². The van der Waals surface area contributed by atoms with Crippen LogP contribution in [-0.2, 0) is 16.1 Å². The van der Waals surface area contributed by atoms with Crippen molar-refractivity contribution >= 4 is 22.8 Å². The molecule has 3 heterocycles. The van der Waals surface area contributed by atoms with E-state index in [9.17, 15) is 19.5 Å². The van der Waals surface area contributed by atoms with Crippen LogP contribution in [0.2, 0.25) is 0 Å². The highest BCUT2D eigenvalue weighted by Gasteiger charge is 2.51. The third-order valence-electron chi connectivity index (χ3n) is 6.22. The van der Waals surface area contributed by atoms with E-state index in [1.54, 1.807) is 6.07 Å². The normalized spacial score (nSPS) is 21.9. The average molecular weight is 383 g/mol. The number of H-pyrrole nitrogens is 1. The lowest BCUT2D eigenvalue weighted by Crippen LogP contribution is -2.55. The number of nitrogens with one attached hydrogen (secondary N) is 2. The number of rotatable bonds is 3. The number of carbonyl (C=O) groups excluding carboxylic acids is 1. The van der Waals surface area contributed by atoms with E-state index < -0.39 is 17.4 Å². The van der Waals surface area contributed by atoms with Crippen molar-refractivity contribution in [2.75, 3.05) is 13.1 Å². The molecule has 148 valence electrons. The van der Waals surface area contributed by atoms with Crippen molar-refractivity contribution in [3.8, 4) is 0 Å². The van der Waals surface area contributed by atoms with Gasteiger partial charge in [-0.1, -0.05) is 6.07 Å². The minimum absolute atomic E-state index is 0.0121. The number of nitrogens with zero attached hydrogens (tertiary/aromatic N) is 1. The van der Waals surface area contributed by atoms with Crippen LogP contribution >= 0.6 is 0 Å². The van der Waals surface area contributed by atoms with Crippen LogP contribution in [0.25, 0.3) is 10.9 Å². The Bertz CT molecular complexity index is 1020. The Hall–Kier alpha value is -2.67. The summed E-state index contributed by atoms with van der Waals surface area (Å²) < 4.78 is 0. The number of carboxylic acid groups (broad SMARTS) is 1. The van der Waals surface area contributed by atoms with Gasteiger partial charge in [-0.15, -0.1) is 0 Å². The second-order valence-corrected chi connectivity index (χ2v) is 8.24. The molecule has 0 radical (unpaired) electrons. The van der Waals surface area contributed by atoms with Gasteiger partial charge in [0.05, 0.1) is 17.0 Å². The maximum Gasteiger partial charge on any atom is 0.309 e. The van der Waals surface area contributed by atoms with Gasteiger partial charge < -0.3 is 15.4 Å². The summed E-state index contributed by atoms with van der Waals surface area (Å²) in [5, 5.41) is 13.1. The lowest BCUT2D eigenvalue weighted by molar-refractivity contribution is -0.144. The second-order valence-electron chi connectivity index (χ2n) is 8.24. The highest BCUT2D eigenvalue weighted by molar-refractivity contribution is 5.88. The minimum Gasteiger partial charge on any atom is -0.481 e. The van der Waals surface area contributed by atoms with Gasteiger partial charge in [-0.3, -0.25) is 19.3 Å². The molecule has 2 aliphatic rings. The first-order chi connectivity index (χ1) is 13.3. The van der Waals surface area contributed by atoms with Crippen molar-refractivity contribution in [3.63, 3.8) is 0 Å². The predicted molar refractivity (Wildman–Crippen MR) is 105 cm³/mol. The van der Waals surface area contributed by atoms with Crippen LogP contribution in [0.4, 0.5) is 0 Å². The summed E-state index contributed by atoms with van der Waals surface area (Å²) >= 11 is 0. The molecule has 0 unspecified atom stereocenters. The molecule has 0 saturated carbocycles. The van der Waals surface area contributed by atoms with E-state index >= 15 is 0 Å². The first-order valence-corrected chi connectivity index (χ1v) is 9.67. The Morgan fingerprint density at radius 2 is 1.93 bits per heavy atom. The van der Waals surface area contributed by atoms with E-state index in [4.69, 9.17) is 0 Å². The number of aromatic nitrogens is 1. The number of piperidine rings is 1. The number of fused-ring (bicyclic) bond motifs is 1. The highest BCUT2D eigenvalue weighted by Crippen LogP contribution is 2.37. The van der Waals surface area contributed by atoms with Crippen molar-refractivity contribution < 1.29 is 14.7 Å². The fourth-order valence-corrected chi connectivity index (χ4v) is 4.79. The Labute approximate surface area is 162 Å². The smallest absolute Gasteiger partial charge is 0.309 e. The zero-order chi connectivity index (χ0) is 20.1. The number of hydrogen-bond donors (Lipinski definition) is 3. The molecular weight excluding hydrogens is 358 g/mol. The summed E-state index contributed by atoms with van der Waals surface area (Å²) in [4.78, 5) is 41.5. The molecule has 1 atom stereocenters. The summed E-state index contributed by atoms with van der Waals surface area (Å²) in [7, 11) is 0. The van der Waals surface area contributed by atoms with Crippen LogP contribution in [-0.4, -0.2) is 45.5 Å². The Balaban J connectivity index is 1.52. The monoisotopic (exact) mass is 383 g/mol. The molecule has 2 saturated heterocycles. The Morgan fingerprint density at radius 3 is 2.61 bits per heavy atom. The SMILES string of the molecule is Cc1cc(C)c2[nH]c(CN3CCC4(CC3)NC(=O)C[C@@H]4C(=O)O)cc(=O)c2c1. The number of hydrogen-bond acceptors (Lipinski definition) is 4. The van der Waals surface area contributed by atoms with E-state index in [0.29, 0.717) is 37.9 Å². The summed E-state index contributed by atoms with van der Waals surface area (Å²) in [6.45, 7) is 5.93. The van der Waals surface area contributed by atoms with Crippen molar-refractivity contribution in [2.45, 2.75) is 45.2 Å². The molecule has 2 fully saturated rings. The molecule has 2 aliphatic heterocycles. The lowest BCUT2D eigenvalue weighted by atomic mass is 9.77. The minimum atomic E-state index is -0.906. The second kappa shape index (κ2) is 6.74. The fraction of sp³-hybridized carbons (Fsp3) is 0.476. The Kier molecular flexibility index (Phi) is 4.50. The van der Waals surface area contributed by atoms with E-state index in [1.165, 1.54) is 0 Å². The van der Waals surface area contributed by atoms with Gasteiger partial charge in [0, 0.05) is 43.2 Å². The van der Waals surface area contributed by atoms with Crippen LogP contribution in [0.15, 0.2) is 23.0 Å². The molecule has 0 aliphatic carbocycles. The van der Waals surface area contributed by atoms with E-state index in [2.05, 4.69) is 21.3 Å². The van der Waals surface area contributed by atoms with E-state index in [1.807, 2.05) is 19.9 Å². The quantitative estimate of drug-likeness (QED) is 0.749. The zero-order valence-corrected chi connectivity index (χ0v) is 16.2. The van der Waals surface area contributed by atoms with Gasteiger partial charge in [0.2, 0.25) is 5.91 Å². The van der Waals surface area contributed by atoms with E-state index in [0.717, 1.165) is 22.3 Å². The number of likely N-dealkylation sites (tertiary alicyclic amines) is 1. The maximum atomic E-state index is 12.6. The van der Waals surface area contributed by atoms with Crippen LogP contribution in [0.5, 0.6) is 0 Å². The molecule has 28 heavy (non-hydrogen) atoms. The van der Waals surface area contributed by atoms with Gasteiger partial charge >= 0.3 is 5.97 Å². The summed E-state index contributed by atoms with van der Waals surface area (Å²) in [6, 6.07) is 5.62. The van der Waals surface area contributed by atoms with Gasteiger partial charge in [0.25, 0.3) is 0 Å². The van der Waals surface area contributed by atoms with Crippen molar-refractivity contribution in [3.05, 3.63) is 45.2 Å². The standard InChI is InChI=1S/C21H25N3O4/c1-12-7-13(2)19-15(8-12)17(25)9-14(22-19)11-24-5-3-21(4-6-24)16(20(27)28)10-18(26)23-21/h7-9,16H,3-6,10-11H2,1-2H3,(H,22,25)(H,23,26)(H,27,28)/t16-/m1/s1. The summed E-state index contributed by atoms with van der Waals surface area (Å²) in [6.07, 6.45) is 1.27. The van der Waals surface area contributed by atoms with Gasteiger partial charge in [-0.25, -0.2) is 0 Å². The maximum absolute atomic E-state index is 12.6. The molecule has 1 aromatic carbocycles. The van der Waals surface area contributed by atoms with Crippen molar-refractivity contribution in [2.24, 2.45) is 5.92 Å². The summed E-state index contributed by atoms with van der Waals surface area (Å²) in [5.41, 5.74) is 3.21. The Morgan fingerprint density at radius 1 is 1.21 bits per heavy atom. The van der Waals surface area contributed by atoms with Crippen molar-refractivity contribution in [1.82, 2.24) is 15.2 Å². The highest BCUT2D eigenvalue weighted by atomic mass is 16.4. The summed E-state index contributed by atoms with van der Waals surface area (Å²) in [5.74, 6) is -1.74. The molecule has 7 nitrogen and oxygen atoms in total. The number of carboxylic acids is 1. The van der Waals surface area contributed by atoms with Gasteiger partial charge in [0.1, 0.15) is 0 Å². The molecule has 0 bridgehead atoms. The number of aliphatic carboxylic acids is 1. The van der Waals surface area contributed by atoms with Gasteiger partial charge in [0.15, 0.2) is 5.43 Å².